The Balaban J connectivity index is 2.00. The Bertz CT molecular complexity index is 770. The topological polar surface area (TPSA) is 55.4 Å². The normalized spacial score (nSPS) is 10.4. The van der Waals surface area contributed by atoms with Crippen molar-refractivity contribution >= 4 is 17.6 Å². The maximum absolute atomic E-state index is 12.3. The van der Waals surface area contributed by atoms with Crippen molar-refractivity contribution in [3.05, 3.63) is 63.7 Å². The number of carbonyl (C=O) groups excluding carboxylic acids is 2. The van der Waals surface area contributed by atoms with Gasteiger partial charge < -0.3 is 10.1 Å². The third-order valence-electron chi connectivity index (χ3n) is 3.87. The summed E-state index contributed by atoms with van der Waals surface area (Å²) in [5, 5.41) is 2.77. The zero-order valence-electron chi connectivity index (χ0n) is 14.8. The largest absolute Gasteiger partial charge is 0.452 e. The van der Waals surface area contributed by atoms with Crippen LogP contribution in [0.3, 0.4) is 0 Å². The van der Waals surface area contributed by atoms with Crippen molar-refractivity contribution in [3.8, 4) is 0 Å². The molecule has 0 aliphatic rings. The van der Waals surface area contributed by atoms with Crippen LogP contribution in [0.15, 0.2) is 30.3 Å². The standard InChI is InChI=1S/C20H23NO3/c1-12-6-7-17(14(3)8-12)21-18(22)11-24-20(23)19-15(4)9-13(2)10-16(19)5/h6-10H,11H2,1-5H3,(H,21,22). The molecular weight excluding hydrogens is 302 g/mol. The van der Waals surface area contributed by atoms with E-state index in [0.29, 0.717) is 5.56 Å². The molecule has 4 nitrogen and oxygen atoms in total. The Hall–Kier alpha value is -2.62. The first-order chi connectivity index (χ1) is 11.3. The number of amides is 1. The van der Waals surface area contributed by atoms with E-state index in [4.69, 9.17) is 4.74 Å². The average molecular weight is 325 g/mol. The minimum atomic E-state index is -0.472. The summed E-state index contributed by atoms with van der Waals surface area (Å²) < 4.78 is 5.18. The van der Waals surface area contributed by atoms with Crippen LogP contribution < -0.4 is 5.32 Å². The van der Waals surface area contributed by atoms with Gasteiger partial charge in [0.15, 0.2) is 6.61 Å². The van der Waals surface area contributed by atoms with Gasteiger partial charge in [-0.15, -0.1) is 0 Å². The van der Waals surface area contributed by atoms with E-state index in [1.165, 1.54) is 0 Å². The Kier molecular flexibility index (Phi) is 5.39. The predicted molar refractivity (Wildman–Crippen MR) is 95.5 cm³/mol. The summed E-state index contributed by atoms with van der Waals surface area (Å²) in [6.45, 7) is 9.32. The van der Waals surface area contributed by atoms with E-state index in [-0.39, 0.29) is 12.5 Å². The van der Waals surface area contributed by atoms with Crippen LogP contribution in [-0.2, 0) is 9.53 Å². The van der Waals surface area contributed by atoms with Gasteiger partial charge in [-0.3, -0.25) is 4.79 Å². The van der Waals surface area contributed by atoms with Crippen LogP contribution >= 0.6 is 0 Å². The van der Waals surface area contributed by atoms with E-state index < -0.39 is 5.97 Å². The number of nitrogens with one attached hydrogen (secondary N) is 1. The van der Waals surface area contributed by atoms with Gasteiger partial charge in [-0.2, -0.15) is 0 Å². The van der Waals surface area contributed by atoms with Crippen molar-refractivity contribution in [2.45, 2.75) is 34.6 Å². The highest BCUT2D eigenvalue weighted by molar-refractivity contribution is 5.97. The summed E-state index contributed by atoms with van der Waals surface area (Å²) >= 11 is 0. The summed E-state index contributed by atoms with van der Waals surface area (Å²) in [6.07, 6.45) is 0. The van der Waals surface area contributed by atoms with Crippen LogP contribution in [0, 0.1) is 34.6 Å². The second-order valence-electron chi connectivity index (χ2n) is 6.22. The Morgan fingerprint density at radius 2 is 1.46 bits per heavy atom. The number of anilines is 1. The lowest BCUT2D eigenvalue weighted by molar-refractivity contribution is -0.119. The van der Waals surface area contributed by atoms with Gasteiger partial charge in [0.1, 0.15) is 0 Å². The lowest BCUT2D eigenvalue weighted by atomic mass is 10.00. The van der Waals surface area contributed by atoms with Gasteiger partial charge in [-0.05, 0) is 57.4 Å². The fourth-order valence-electron chi connectivity index (χ4n) is 2.85. The molecular formula is C20H23NO3. The van der Waals surface area contributed by atoms with Crippen molar-refractivity contribution in [1.29, 1.82) is 0 Å². The first-order valence-electron chi connectivity index (χ1n) is 7.90. The summed E-state index contributed by atoms with van der Waals surface area (Å²) in [5.74, 6) is -0.821. The van der Waals surface area contributed by atoms with Gasteiger partial charge >= 0.3 is 5.97 Å². The van der Waals surface area contributed by atoms with Crippen molar-refractivity contribution in [2.24, 2.45) is 0 Å². The Morgan fingerprint density at radius 3 is 2.04 bits per heavy atom. The molecule has 0 unspecified atom stereocenters. The van der Waals surface area contributed by atoms with Crippen molar-refractivity contribution in [2.75, 3.05) is 11.9 Å². The van der Waals surface area contributed by atoms with Crippen LogP contribution in [0.1, 0.15) is 38.2 Å². The Labute approximate surface area is 142 Å². The minimum absolute atomic E-state index is 0.307. The minimum Gasteiger partial charge on any atom is -0.452 e. The SMILES string of the molecule is Cc1ccc(NC(=O)COC(=O)c2c(C)cc(C)cc2C)c(C)c1. The molecule has 0 fully saturated rings. The van der Waals surface area contributed by atoms with E-state index in [1.54, 1.807) is 0 Å². The Morgan fingerprint density at radius 1 is 0.875 bits per heavy atom. The number of hydrogen-bond acceptors (Lipinski definition) is 3. The molecule has 0 spiro atoms. The first kappa shape index (κ1) is 17.7. The van der Waals surface area contributed by atoms with Crippen molar-refractivity contribution < 1.29 is 14.3 Å². The van der Waals surface area contributed by atoms with Crippen LogP contribution in [-0.4, -0.2) is 18.5 Å². The zero-order valence-corrected chi connectivity index (χ0v) is 14.8. The third-order valence-corrected chi connectivity index (χ3v) is 3.87. The molecule has 0 atom stereocenters. The van der Waals surface area contributed by atoms with E-state index in [9.17, 15) is 9.59 Å². The molecule has 0 aliphatic heterocycles. The number of carbonyl (C=O) groups is 2. The third kappa shape index (κ3) is 4.22. The molecule has 4 heteroatoms. The number of ether oxygens (including phenoxy) is 1. The molecule has 0 radical (unpaired) electrons. The molecule has 0 heterocycles. The van der Waals surface area contributed by atoms with Gasteiger partial charge in [0, 0.05) is 5.69 Å². The maximum Gasteiger partial charge on any atom is 0.339 e. The summed E-state index contributed by atoms with van der Waals surface area (Å²) in [4.78, 5) is 24.3. The smallest absolute Gasteiger partial charge is 0.339 e. The van der Waals surface area contributed by atoms with Gasteiger partial charge in [-0.1, -0.05) is 35.4 Å². The van der Waals surface area contributed by atoms with Gasteiger partial charge in [-0.25, -0.2) is 4.79 Å². The molecule has 1 N–H and O–H groups in total. The lowest BCUT2D eigenvalue weighted by Crippen LogP contribution is -2.22. The van der Waals surface area contributed by atoms with Gasteiger partial charge in [0.25, 0.3) is 5.91 Å². The number of hydrogen-bond donors (Lipinski definition) is 1. The molecule has 0 aromatic heterocycles. The number of esters is 1. The highest BCUT2D eigenvalue weighted by Crippen LogP contribution is 2.18. The molecule has 0 aliphatic carbocycles. The van der Waals surface area contributed by atoms with E-state index in [2.05, 4.69) is 5.32 Å². The lowest BCUT2D eigenvalue weighted by Gasteiger charge is -2.12. The maximum atomic E-state index is 12.3. The summed E-state index contributed by atoms with van der Waals surface area (Å²) in [7, 11) is 0. The van der Waals surface area contributed by atoms with Crippen molar-refractivity contribution in [3.63, 3.8) is 0 Å². The number of benzene rings is 2. The van der Waals surface area contributed by atoms with Crippen LogP contribution in [0.25, 0.3) is 0 Å². The molecule has 24 heavy (non-hydrogen) atoms. The van der Waals surface area contributed by atoms with Crippen LogP contribution in [0.5, 0.6) is 0 Å². The van der Waals surface area contributed by atoms with Crippen LogP contribution in [0.2, 0.25) is 0 Å². The van der Waals surface area contributed by atoms with E-state index in [1.807, 2.05) is 65.0 Å². The van der Waals surface area contributed by atoms with Gasteiger partial charge in [0.2, 0.25) is 0 Å². The first-order valence-corrected chi connectivity index (χ1v) is 7.90. The zero-order chi connectivity index (χ0) is 17.9. The second-order valence-corrected chi connectivity index (χ2v) is 6.22. The number of rotatable bonds is 4. The fourth-order valence-corrected chi connectivity index (χ4v) is 2.85. The average Bonchev–Trinajstić information content (AvgIpc) is 2.47. The molecule has 126 valence electrons. The molecule has 0 bridgehead atoms. The second kappa shape index (κ2) is 7.30. The monoisotopic (exact) mass is 325 g/mol. The number of aryl methyl sites for hydroxylation is 5. The quantitative estimate of drug-likeness (QED) is 0.864. The molecule has 0 saturated heterocycles. The van der Waals surface area contributed by atoms with Crippen molar-refractivity contribution in [1.82, 2.24) is 0 Å². The van der Waals surface area contributed by atoms with E-state index >= 15 is 0 Å². The molecule has 0 saturated carbocycles. The highest BCUT2D eigenvalue weighted by Gasteiger charge is 2.16. The fraction of sp³-hybridized carbons (Fsp3) is 0.300. The molecule has 2 aromatic carbocycles. The van der Waals surface area contributed by atoms with Gasteiger partial charge in [0.05, 0.1) is 5.56 Å². The van der Waals surface area contributed by atoms with Crippen LogP contribution in [0.4, 0.5) is 5.69 Å². The molecule has 1 amide bonds. The molecule has 2 aromatic rings. The van der Waals surface area contributed by atoms with E-state index in [0.717, 1.165) is 33.5 Å². The molecule has 2 rings (SSSR count). The highest BCUT2D eigenvalue weighted by atomic mass is 16.5. The summed E-state index contributed by atoms with van der Waals surface area (Å²) in [6, 6.07) is 9.62. The summed E-state index contributed by atoms with van der Waals surface area (Å²) in [5.41, 5.74) is 6.15. The predicted octanol–water partition coefficient (Wildman–Crippen LogP) is 4.02.